The van der Waals surface area contributed by atoms with Crippen LogP contribution in [0.25, 0.3) is 0 Å². The number of carbonyl (C=O) groups is 1. The van der Waals surface area contributed by atoms with E-state index in [2.05, 4.69) is 5.32 Å². The third kappa shape index (κ3) is 4.98. The summed E-state index contributed by atoms with van der Waals surface area (Å²) in [4.78, 5) is 14.5. The number of amides is 2. The van der Waals surface area contributed by atoms with E-state index in [0.29, 0.717) is 41.1 Å². The van der Waals surface area contributed by atoms with Crippen molar-refractivity contribution in [1.82, 2.24) is 4.90 Å². The number of rotatable bonds is 7. The monoisotopic (exact) mass is 400 g/mol. The van der Waals surface area contributed by atoms with Gasteiger partial charge in [-0.05, 0) is 48.0 Å². The molecule has 0 aliphatic carbocycles. The van der Waals surface area contributed by atoms with E-state index < -0.39 is 0 Å². The number of nitrogens with one attached hydrogen (secondary N) is 1. The fraction of sp³-hybridized carbons (Fsp3) is 0.190. The average molecular weight is 401 g/mol. The van der Waals surface area contributed by atoms with Crippen molar-refractivity contribution >= 4 is 23.3 Å². The molecule has 0 fully saturated rings. The summed E-state index contributed by atoms with van der Waals surface area (Å²) >= 11 is 6.01. The maximum absolute atomic E-state index is 12.9. The zero-order chi connectivity index (χ0) is 19.9. The first kappa shape index (κ1) is 19.6. The fourth-order valence-corrected chi connectivity index (χ4v) is 2.95. The number of benzene rings is 2. The number of hydrogen-bond donors (Lipinski definition) is 1. The maximum atomic E-state index is 12.9. The van der Waals surface area contributed by atoms with Crippen LogP contribution in [0, 0.1) is 0 Å². The van der Waals surface area contributed by atoms with Crippen molar-refractivity contribution in [2.24, 2.45) is 0 Å². The third-order valence-corrected chi connectivity index (χ3v) is 4.35. The summed E-state index contributed by atoms with van der Waals surface area (Å²) in [7, 11) is 3.16. The predicted molar refractivity (Wildman–Crippen MR) is 108 cm³/mol. The lowest BCUT2D eigenvalue weighted by Gasteiger charge is -2.23. The summed E-state index contributed by atoms with van der Waals surface area (Å²) in [6, 6.07) is 15.9. The molecule has 3 aromatic rings. The highest BCUT2D eigenvalue weighted by Crippen LogP contribution is 2.28. The first-order chi connectivity index (χ1) is 13.6. The van der Waals surface area contributed by atoms with Gasteiger partial charge >= 0.3 is 6.03 Å². The molecule has 0 aliphatic heterocycles. The standard InChI is InChI=1S/C21H21ClN2O4/c1-26-19-9-8-15(11-20(19)27-2)13-24(14-18-7-4-10-28-18)21(25)23-17-6-3-5-16(22)12-17/h3-12H,13-14H2,1-2H3,(H,23,25). The Bertz CT molecular complexity index is 928. The highest BCUT2D eigenvalue weighted by molar-refractivity contribution is 6.30. The van der Waals surface area contributed by atoms with Gasteiger partial charge in [0.15, 0.2) is 11.5 Å². The number of carbonyl (C=O) groups excluding carboxylic acids is 1. The smallest absolute Gasteiger partial charge is 0.322 e. The van der Waals surface area contributed by atoms with Crippen molar-refractivity contribution in [2.45, 2.75) is 13.1 Å². The van der Waals surface area contributed by atoms with E-state index in [4.69, 9.17) is 25.5 Å². The van der Waals surface area contributed by atoms with Gasteiger partial charge in [0.25, 0.3) is 0 Å². The molecule has 0 saturated heterocycles. The van der Waals surface area contributed by atoms with Gasteiger partial charge in [0.2, 0.25) is 0 Å². The lowest BCUT2D eigenvalue weighted by atomic mass is 10.2. The van der Waals surface area contributed by atoms with Crippen LogP contribution in [0.4, 0.5) is 10.5 Å². The number of nitrogens with zero attached hydrogens (tertiary/aromatic N) is 1. The molecule has 6 nitrogen and oxygen atoms in total. The van der Waals surface area contributed by atoms with Crippen LogP contribution >= 0.6 is 11.6 Å². The Hall–Kier alpha value is -3.12. The molecule has 2 amide bonds. The van der Waals surface area contributed by atoms with Crippen LogP contribution in [-0.2, 0) is 13.1 Å². The number of methoxy groups -OCH3 is 2. The predicted octanol–water partition coefficient (Wildman–Crippen LogP) is 5.18. The minimum absolute atomic E-state index is 0.270. The van der Waals surface area contributed by atoms with Gasteiger partial charge in [0, 0.05) is 17.3 Å². The average Bonchev–Trinajstić information content (AvgIpc) is 3.20. The first-order valence-electron chi connectivity index (χ1n) is 8.64. The lowest BCUT2D eigenvalue weighted by Crippen LogP contribution is -2.34. The molecule has 1 N–H and O–H groups in total. The van der Waals surface area contributed by atoms with Gasteiger partial charge in [-0.25, -0.2) is 4.79 Å². The van der Waals surface area contributed by atoms with E-state index in [1.54, 1.807) is 55.7 Å². The Morgan fingerprint density at radius 1 is 1.04 bits per heavy atom. The normalized spacial score (nSPS) is 10.4. The van der Waals surface area contributed by atoms with Crippen molar-refractivity contribution in [2.75, 3.05) is 19.5 Å². The summed E-state index contributed by atoms with van der Waals surface area (Å²) in [6.45, 7) is 0.668. The van der Waals surface area contributed by atoms with E-state index in [-0.39, 0.29) is 6.03 Å². The summed E-state index contributed by atoms with van der Waals surface area (Å²) in [5, 5.41) is 3.42. The van der Waals surface area contributed by atoms with Gasteiger partial charge < -0.3 is 24.1 Å². The number of ether oxygens (including phenoxy) is 2. The summed E-state index contributed by atoms with van der Waals surface area (Å²) in [5.41, 5.74) is 1.51. The number of urea groups is 1. The molecular formula is C21H21ClN2O4. The van der Waals surface area contributed by atoms with Crippen LogP contribution in [0.2, 0.25) is 5.02 Å². The van der Waals surface area contributed by atoms with Crippen molar-refractivity contribution < 1.29 is 18.7 Å². The Morgan fingerprint density at radius 3 is 2.54 bits per heavy atom. The van der Waals surface area contributed by atoms with Gasteiger partial charge in [-0.2, -0.15) is 0 Å². The molecule has 1 aromatic heterocycles. The van der Waals surface area contributed by atoms with Crippen LogP contribution in [0.3, 0.4) is 0 Å². The summed E-state index contributed by atoms with van der Waals surface area (Å²) in [6.07, 6.45) is 1.58. The molecule has 0 unspecified atom stereocenters. The highest BCUT2D eigenvalue weighted by atomic mass is 35.5. The highest BCUT2D eigenvalue weighted by Gasteiger charge is 2.17. The largest absolute Gasteiger partial charge is 0.493 e. The number of halogens is 1. The van der Waals surface area contributed by atoms with E-state index in [1.165, 1.54) is 0 Å². The molecule has 146 valence electrons. The topological polar surface area (TPSA) is 63.9 Å². The molecule has 2 aromatic carbocycles. The fourth-order valence-electron chi connectivity index (χ4n) is 2.76. The second-order valence-electron chi connectivity index (χ2n) is 6.07. The second-order valence-corrected chi connectivity index (χ2v) is 6.50. The van der Waals surface area contributed by atoms with E-state index in [1.807, 2.05) is 24.3 Å². The maximum Gasteiger partial charge on any atom is 0.322 e. The van der Waals surface area contributed by atoms with Crippen LogP contribution in [-0.4, -0.2) is 25.2 Å². The van der Waals surface area contributed by atoms with Crippen molar-refractivity contribution in [1.29, 1.82) is 0 Å². The van der Waals surface area contributed by atoms with Crippen molar-refractivity contribution in [3.63, 3.8) is 0 Å². The quantitative estimate of drug-likeness (QED) is 0.593. The molecule has 0 spiro atoms. The second kappa shape index (κ2) is 9.19. The minimum atomic E-state index is -0.270. The zero-order valence-electron chi connectivity index (χ0n) is 15.6. The molecule has 3 rings (SSSR count). The summed E-state index contributed by atoms with van der Waals surface area (Å²) < 4.78 is 16.0. The van der Waals surface area contributed by atoms with Crippen LogP contribution in [0.15, 0.2) is 65.3 Å². The zero-order valence-corrected chi connectivity index (χ0v) is 16.4. The molecule has 0 atom stereocenters. The summed E-state index contributed by atoms with van der Waals surface area (Å²) in [5.74, 6) is 1.92. The molecule has 1 heterocycles. The minimum Gasteiger partial charge on any atom is -0.493 e. The van der Waals surface area contributed by atoms with Crippen molar-refractivity contribution in [3.8, 4) is 11.5 Å². The Morgan fingerprint density at radius 2 is 1.86 bits per heavy atom. The van der Waals surface area contributed by atoms with Gasteiger partial charge in [0.1, 0.15) is 5.76 Å². The third-order valence-electron chi connectivity index (χ3n) is 4.11. The van der Waals surface area contributed by atoms with E-state index in [0.717, 1.165) is 5.56 Å². The van der Waals surface area contributed by atoms with E-state index in [9.17, 15) is 4.79 Å². The SMILES string of the molecule is COc1ccc(CN(Cc2ccco2)C(=O)Nc2cccc(Cl)c2)cc1OC. The van der Waals surface area contributed by atoms with Crippen LogP contribution in [0.1, 0.15) is 11.3 Å². The number of hydrogen-bond acceptors (Lipinski definition) is 4. The van der Waals surface area contributed by atoms with Gasteiger partial charge in [-0.3, -0.25) is 0 Å². The number of anilines is 1. The Labute approximate surface area is 168 Å². The van der Waals surface area contributed by atoms with E-state index >= 15 is 0 Å². The van der Waals surface area contributed by atoms with Gasteiger partial charge in [-0.15, -0.1) is 0 Å². The molecule has 28 heavy (non-hydrogen) atoms. The molecule has 0 bridgehead atoms. The van der Waals surface area contributed by atoms with Crippen LogP contribution in [0.5, 0.6) is 11.5 Å². The van der Waals surface area contributed by atoms with Crippen molar-refractivity contribution in [3.05, 3.63) is 77.2 Å². The number of furan rings is 1. The molecule has 0 saturated carbocycles. The Kier molecular flexibility index (Phi) is 6.45. The molecule has 0 radical (unpaired) electrons. The van der Waals surface area contributed by atoms with Crippen LogP contribution < -0.4 is 14.8 Å². The first-order valence-corrected chi connectivity index (χ1v) is 9.01. The van der Waals surface area contributed by atoms with Gasteiger partial charge in [0.05, 0.1) is 27.0 Å². The Balaban J connectivity index is 1.81. The molecular weight excluding hydrogens is 380 g/mol. The molecule has 7 heteroatoms. The molecule has 0 aliphatic rings. The van der Waals surface area contributed by atoms with Gasteiger partial charge in [-0.1, -0.05) is 23.7 Å². The lowest BCUT2D eigenvalue weighted by molar-refractivity contribution is 0.201.